The second-order valence-corrected chi connectivity index (χ2v) is 7.01. The smallest absolute Gasteiger partial charge is 0.413 e. The Morgan fingerprint density at radius 1 is 1.28 bits per heavy atom. The van der Waals surface area contributed by atoms with Crippen molar-refractivity contribution >= 4 is 29.5 Å². The lowest BCUT2D eigenvalue weighted by atomic mass is 10.0. The predicted molar refractivity (Wildman–Crippen MR) is 98.9 cm³/mol. The van der Waals surface area contributed by atoms with Gasteiger partial charge in [-0.3, -0.25) is 10.1 Å². The van der Waals surface area contributed by atoms with Gasteiger partial charge in [-0.1, -0.05) is 12.1 Å². The van der Waals surface area contributed by atoms with Gasteiger partial charge in [0, 0.05) is 24.1 Å². The van der Waals surface area contributed by atoms with Gasteiger partial charge in [0.25, 0.3) is 0 Å². The molecule has 0 bridgehead atoms. The van der Waals surface area contributed by atoms with Crippen LogP contribution in [0.15, 0.2) is 28.8 Å². The Bertz CT molecular complexity index is 743. The van der Waals surface area contributed by atoms with Gasteiger partial charge in [-0.2, -0.15) is 0 Å². The molecule has 0 saturated carbocycles. The normalized spacial score (nSPS) is 14.0. The van der Waals surface area contributed by atoms with Gasteiger partial charge in [-0.25, -0.2) is 9.79 Å². The van der Waals surface area contributed by atoms with Gasteiger partial charge in [0.15, 0.2) is 5.78 Å². The van der Waals surface area contributed by atoms with Gasteiger partial charge in [-0.15, -0.1) is 0 Å². The number of alkyl carbamates (subject to hydrolysis) is 1. The fraction of sp³-hybridized carbons (Fsp3) is 0.421. The minimum atomic E-state index is -0.605. The molecule has 6 heteroatoms. The van der Waals surface area contributed by atoms with E-state index in [1.165, 1.54) is 6.92 Å². The third kappa shape index (κ3) is 5.53. The molecule has 1 aliphatic rings. The first-order valence-electron chi connectivity index (χ1n) is 8.24. The molecule has 0 spiro atoms. The molecule has 0 radical (unpaired) electrons. The van der Waals surface area contributed by atoms with Crippen molar-refractivity contribution in [2.75, 3.05) is 7.05 Å². The van der Waals surface area contributed by atoms with Crippen molar-refractivity contribution in [3.05, 3.63) is 34.9 Å². The predicted octanol–water partition coefficient (Wildman–Crippen LogP) is 3.34. The standard InChI is InChI=1S/C19H25N3O3/c1-12(23)15-9-14-7-6-13(11-20-5)8-16(14)21-17(10-15)22-18(24)25-19(2,3)4/h6-9,20H,10-11H2,1-5H3,(H,21,22,24). The highest BCUT2D eigenvalue weighted by atomic mass is 16.6. The molecule has 1 aromatic carbocycles. The van der Waals surface area contributed by atoms with Gasteiger partial charge in [0.05, 0.1) is 5.69 Å². The maximum Gasteiger partial charge on any atom is 0.413 e. The fourth-order valence-electron chi connectivity index (χ4n) is 2.45. The van der Waals surface area contributed by atoms with Gasteiger partial charge >= 0.3 is 6.09 Å². The number of ketones is 1. The first-order valence-corrected chi connectivity index (χ1v) is 8.24. The number of ether oxygens (including phenoxy) is 1. The molecular weight excluding hydrogens is 318 g/mol. The summed E-state index contributed by atoms with van der Waals surface area (Å²) in [4.78, 5) is 28.5. The van der Waals surface area contributed by atoms with Gasteiger partial charge in [0.1, 0.15) is 11.4 Å². The van der Waals surface area contributed by atoms with E-state index in [1.54, 1.807) is 20.8 Å². The summed E-state index contributed by atoms with van der Waals surface area (Å²) in [5.41, 5.74) is 2.63. The summed E-state index contributed by atoms with van der Waals surface area (Å²) in [5, 5.41) is 5.77. The number of benzene rings is 1. The molecule has 0 aliphatic carbocycles. The molecule has 1 heterocycles. The van der Waals surface area contributed by atoms with Crippen LogP contribution < -0.4 is 10.6 Å². The Labute approximate surface area is 148 Å². The summed E-state index contributed by atoms with van der Waals surface area (Å²) in [6.07, 6.45) is 1.50. The van der Waals surface area contributed by atoms with Crippen LogP contribution in [0.2, 0.25) is 0 Å². The molecule has 25 heavy (non-hydrogen) atoms. The van der Waals surface area contributed by atoms with Crippen molar-refractivity contribution in [1.82, 2.24) is 10.6 Å². The Balaban J connectivity index is 2.36. The molecule has 0 fully saturated rings. The highest BCUT2D eigenvalue weighted by molar-refractivity contribution is 6.08. The van der Waals surface area contributed by atoms with Crippen LogP contribution in [0.25, 0.3) is 6.08 Å². The third-order valence-corrected chi connectivity index (χ3v) is 3.52. The van der Waals surface area contributed by atoms with Crippen LogP contribution in [-0.2, 0) is 16.1 Å². The van der Waals surface area contributed by atoms with Crippen LogP contribution >= 0.6 is 0 Å². The monoisotopic (exact) mass is 343 g/mol. The van der Waals surface area contributed by atoms with Crippen LogP contribution in [-0.4, -0.2) is 30.4 Å². The highest BCUT2D eigenvalue weighted by Crippen LogP contribution is 2.28. The molecule has 0 unspecified atom stereocenters. The summed E-state index contributed by atoms with van der Waals surface area (Å²) in [6.45, 7) is 7.60. The van der Waals surface area contributed by atoms with E-state index < -0.39 is 11.7 Å². The van der Waals surface area contributed by atoms with Crippen molar-refractivity contribution in [3.63, 3.8) is 0 Å². The molecule has 1 aliphatic heterocycles. The molecule has 0 saturated heterocycles. The largest absolute Gasteiger partial charge is 0.444 e. The minimum absolute atomic E-state index is 0.0501. The van der Waals surface area contributed by atoms with E-state index in [4.69, 9.17) is 4.74 Å². The first kappa shape index (κ1) is 18.9. The Morgan fingerprint density at radius 2 is 2.00 bits per heavy atom. The van der Waals surface area contributed by atoms with Crippen LogP contribution in [0.1, 0.15) is 45.2 Å². The van der Waals surface area contributed by atoms with E-state index in [1.807, 2.05) is 31.3 Å². The Morgan fingerprint density at radius 3 is 2.60 bits per heavy atom. The Kier molecular flexibility index (Phi) is 5.74. The Hall–Kier alpha value is -2.47. The second kappa shape index (κ2) is 7.61. The zero-order valence-electron chi connectivity index (χ0n) is 15.4. The summed E-state index contributed by atoms with van der Waals surface area (Å²) < 4.78 is 5.28. The van der Waals surface area contributed by atoms with Gasteiger partial charge in [-0.05, 0) is 52.4 Å². The third-order valence-electron chi connectivity index (χ3n) is 3.52. The number of nitrogens with zero attached hydrogens (tertiary/aromatic N) is 1. The van der Waals surface area contributed by atoms with Crippen molar-refractivity contribution in [2.45, 2.75) is 46.3 Å². The molecule has 1 amide bonds. The van der Waals surface area contributed by atoms with Gasteiger partial charge in [0.2, 0.25) is 0 Å². The molecule has 0 aromatic heterocycles. The SMILES string of the molecule is CNCc1ccc2c(c1)N=C(NC(=O)OC(C)(C)C)CC(C(C)=O)=C2. The number of carbonyl (C=O) groups excluding carboxylic acids is 2. The zero-order valence-corrected chi connectivity index (χ0v) is 15.4. The van der Waals surface area contributed by atoms with Crippen LogP contribution in [0.5, 0.6) is 0 Å². The van der Waals surface area contributed by atoms with Crippen molar-refractivity contribution < 1.29 is 14.3 Å². The maximum absolute atomic E-state index is 12.1. The number of aliphatic imine (C=N–C) groups is 1. The summed E-state index contributed by atoms with van der Waals surface area (Å²) in [7, 11) is 1.87. The number of carbonyl (C=O) groups is 2. The number of nitrogens with one attached hydrogen (secondary N) is 2. The van der Waals surface area contributed by atoms with Crippen LogP contribution in [0.3, 0.4) is 0 Å². The first-order chi connectivity index (χ1) is 11.7. The second-order valence-electron chi connectivity index (χ2n) is 7.01. The number of fused-ring (bicyclic) bond motifs is 1. The number of amidine groups is 1. The molecular formula is C19H25N3O3. The van der Waals surface area contributed by atoms with E-state index in [-0.39, 0.29) is 12.2 Å². The number of amides is 1. The lowest BCUT2D eigenvalue weighted by Crippen LogP contribution is -2.36. The van der Waals surface area contributed by atoms with Crippen molar-refractivity contribution in [1.29, 1.82) is 0 Å². The number of rotatable bonds is 3. The highest BCUT2D eigenvalue weighted by Gasteiger charge is 2.20. The van der Waals surface area contributed by atoms with E-state index in [0.29, 0.717) is 18.0 Å². The number of hydrogen-bond donors (Lipinski definition) is 2. The van der Waals surface area contributed by atoms with E-state index >= 15 is 0 Å². The molecule has 134 valence electrons. The van der Waals surface area contributed by atoms with E-state index in [9.17, 15) is 9.59 Å². The average Bonchev–Trinajstić information content (AvgIpc) is 2.64. The lowest BCUT2D eigenvalue weighted by Gasteiger charge is -2.20. The molecule has 6 nitrogen and oxygen atoms in total. The molecule has 2 rings (SSSR count). The number of Topliss-reactive ketones (excluding diaryl/α,β-unsaturated/α-hetero) is 1. The molecule has 2 N–H and O–H groups in total. The summed E-state index contributed by atoms with van der Waals surface area (Å²) in [6, 6.07) is 5.87. The fourth-order valence-corrected chi connectivity index (χ4v) is 2.45. The van der Waals surface area contributed by atoms with E-state index in [0.717, 1.165) is 16.8 Å². The average molecular weight is 343 g/mol. The summed E-state index contributed by atoms with van der Waals surface area (Å²) >= 11 is 0. The zero-order chi connectivity index (χ0) is 18.6. The maximum atomic E-state index is 12.1. The van der Waals surface area contributed by atoms with Crippen LogP contribution in [0, 0.1) is 0 Å². The molecule has 0 atom stereocenters. The molecule has 1 aromatic rings. The van der Waals surface area contributed by atoms with Crippen molar-refractivity contribution in [3.8, 4) is 0 Å². The minimum Gasteiger partial charge on any atom is -0.444 e. The topological polar surface area (TPSA) is 79.8 Å². The van der Waals surface area contributed by atoms with Crippen molar-refractivity contribution in [2.24, 2.45) is 4.99 Å². The van der Waals surface area contributed by atoms with E-state index in [2.05, 4.69) is 15.6 Å². The lowest BCUT2D eigenvalue weighted by molar-refractivity contribution is -0.113. The number of hydrogen-bond acceptors (Lipinski definition) is 5. The van der Waals surface area contributed by atoms with Crippen LogP contribution in [0.4, 0.5) is 10.5 Å². The van der Waals surface area contributed by atoms with Gasteiger partial charge < -0.3 is 10.1 Å². The quantitative estimate of drug-likeness (QED) is 0.882. The summed E-state index contributed by atoms with van der Waals surface area (Å²) in [5.74, 6) is 0.349.